The maximum atomic E-state index is 13.7. The number of nitrogens with one attached hydrogen (secondary N) is 1. The molecule has 0 aliphatic carbocycles. The van der Waals surface area contributed by atoms with Gasteiger partial charge in [-0.25, -0.2) is 17.2 Å². The standard InChI is InChI=1S/C15H13F2N3O4S/c16-10-2-1-3-11(17)14(10)15-19-12(20-24-15)7-18-13(21)6-9-4-5-25(22,23)8-9/h1-5,9H,6-8H2,(H,18,21)/t9-/m0/s1. The minimum absolute atomic E-state index is 0.00236. The molecular formula is C15H13F2N3O4S. The van der Waals surface area contributed by atoms with Gasteiger partial charge in [0.15, 0.2) is 15.7 Å². The number of benzene rings is 1. The predicted molar refractivity (Wildman–Crippen MR) is 82.5 cm³/mol. The summed E-state index contributed by atoms with van der Waals surface area (Å²) >= 11 is 0. The summed E-state index contributed by atoms with van der Waals surface area (Å²) < 4.78 is 54.7. The van der Waals surface area contributed by atoms with E-state index in [4.69, 9.17) is 4.52 Å². The van der Waals surface area contributed by atoms with E-state index in [-0.39, 0.29) is 36.4 Å². The molecule has 7 nitrogen and oxygen atoms in total. The van der Waals surface area contributed by atoms with Gasteiger partial charge in [0.05, 0.1) is 12.3 Å². The molecule has 25 heavy (non-hydrogen) atoms. The number of carbonyl (C=O) groups is 1. The Morgan fingerprint density at radius 2 is 2.04 bits per heavy atom. The van der Waals surface area contributed by atoms with E-state index < -0.39 is 32.9 Å². The fourth-order valence-electron chi connectivity index (χ4n) is 2.38. The summed E-state index contributed by atoms with van der Waals surface area (Å²) in [5, 5.41) is 7.16. The number of allylic oxidation sites excluding steroid dienone is 1. The lowest BCUT2D eigenvalue weighted by atomic mass is 10.1. The van der Waals surface area contributed by atoms with Crippen LogP contribution in [0, 0.1) is 17.6 Å². The molecule has 3 rings (SSSR count). The molecule has 1 aromatic carbocycles. The van der Waals surface area contributed by atoms with Gasteiger partial charge in [0.25, 0.3) is 5.89 Å². The number of sulfone groups is 1. The maximum absolute atomic E-state index is 13.7. The second-order valence-electron chi connectivity index (χ2n) is 5.51. The molecule has 132 valence electrons. The van der Waals surface area contributed by atoms with Crippen molar-refractivity contribution < 1.29 is 26.5 Å². The lowest BCUT2D eigenvalue weighted by Gasteiger charge is -2.06. The molecule has 0 bridgehead atoms. The number of halogens is 2. The number of amides is 1. The van der Waals surface area contributed by atoms with Crippen LogP contribution in [0.3, 0.4) is 0 Å². The quantitative estimate of drug-likeness (QED) is 0.858. The van der Waals surface area contributed by atoms with Crippen LogP contribution in [-0.4, -0.2) is 30.2 Å². The first-order valence-electron chi connectivity index (χ1n) is 7.29. The van der Waals surface area contributed by atoms with E-state index in [0.717, 1.165) is 17.5 Å². The molecule has 1 atom stereocenters. The molecule has 10 heteroatoms. The predicted octanol–water partition coefficient (Wildman–Crippen LogP) is 1.58. The lowest BCUT2D eigenvalue weighted by Crippen LogP contribution is -2.26. The molecule has 1 N–H and O–H groups in total. The summed E-state index contributed by atoms with van der Waals surface area (Å²) in [6.07, 6.45) is 1.48. The molecule has 1 aliphatic rings. The zero-order valence-electron chi connectivity index (χ0n) is 12.8. The van der Waals surface area contributed by atoms with Gasteiger partial charge < -0.3 is 9.84 Å². The summed E-state index contributed by atoms with van der Waals surface area (Å²) in [6, 6.07) is 3.34. The maximum Gasteiger partial charge on any atom is 0.263 e. The highest BCUT2D eigenvalue weighted by molar-refractivity contribution is 7.94. The first-order valence-corrected chi connectivity index (χ1v) is 9.00. The average Bonchev–Trinajstić information content (AvgIpc) is 3.12. The van der Waals surface area contributed by atoms with Crippen LogP contribution in [0.15, 0.2) is 34.2 Å². The number of carbonyl (C=O) groups excluding carboxylic acids is 1. The van der Waals surface area contributed by atoms with Crippen LogP contribution in [0.2, 0.25) is 0 Å². The van der Waals surface area contributed by atoms with Crippen LogP contribution < -0.4 is 5.32 Å². The van der Waals surface area contributed by atoms with Crippen LogP contribution in [0.4, 0.5) is 8.78 Å². The average molecular weight is 369 g/mol. The minimum Gasteiger partial charge on any atom is -0.349 e. The summed E-state index contributed by atoms with van der Waals surface area (Å²) in [6.45, 7) is -0.110. The monoisotopic (exact) mass is 369 g/mol. The Bertz CT molecular complexity index is 920. The Kier molecular flexibility index (Phi) is 4.62. The van der Waals surface area contributed by atoms with Crippen molar-refractivity contribution in [3.8, 4) is 11.5 Å². The topological polar surface area (TPSA) is 102 Å². The highest BCUT2D eigenvalue weighted by atomic mass is 32.2. The van der Waals surface area contributed by atoms with Crippen molar-refractivity contribution in [2.24, 2.45) is 5.92 Å². The molecule has 0 fully saturated rings. The van der Waals surface area contributed by atoms with Crippen molar-refractivity contribution in [3.05, 3.63) is 47.1 Å². The first-order chi connectivity index (χ1) is 11.8. The van der Waals surface area contributed by atoms with E-state index in [1.54, 1.807) is 0 Å². The SMILES string of the molecule is O=C(C[C@@H]1C=CS(=O)(=O)C1)NCc1noc(-c2c(F)cccc2F)n1. The molecule has 1 aliphatic heterocycles. The number of rotatable bonds is 5. The molecule has 1 amide bonds. The molecule has 0 spiro atoms. The van der Waals surface area contributed by atoms with Gasteiger partial charge >= 0.3 is 0 Å². The van der Waals surface area contributed by atoms with Crippen LogP contribution in [0.25, 0.3) is 11.5 Å². The fraction of sp³-hybridized carbons (Fsp3) is 0.267. The van der Waals surface area contributed by atoms with Crippen LogP contribution in [0.5, 0.6) is 0 Å². The van der Waals surface area contributed by atoms with Crippen molar-refractivity contribution in [2.75, 3.05) is 5.75 Å². The molecule has 0 radical (unpaired) electrons. The van der Waals surface area contributed by atoms with Crippen molar-refractivity contribution in [2.45, 2.75) is 13.0 Å². The van der Waals surface area contributed by atoms with Crippen LogP contribution in [0.1, 0.15) is 12.2 Å². The van der Waals surface area contributed by atoms with E-state index in [1.165, 1.54) is 12.1 Å². The van der Waals surface area contributed by atoms with Gasteiger partial charge in [0, 0.05) is 17.7 Å². The summed E-state index contributed by atoms with van der Waals surface area (Å²) in [5.74, 6) is -2.83. The van der Waals surface area contributed by atoms with Gasteiger partial charge in [-0.2, -0.15) is 4.98 Å². The smallest absolute Gasteiger partial charge is 0.263 e. The number of nitrogens with zero attached hydrogens (tertiary/aromatic N) is 2. The van der Waals surface area contributed by atoms with Gasteiger partial charge in [-0.15, -0.1) is 0 Å². The second kappa shape index (κ2) is 6.71. The Balaban J connectivity index is 1.59. The molecule has 2 aromatic rings. The third-order valence-electron chi connectivity index (χ3n) is 3.54. The lowest BCUT2D eigenvalue weighted by molar-refractivity contribution is -0.121. The van der Waals surface area contributed by atoms with E-state index in [1.807, 2.05) is 0 Å². The van der Waals surface area contributed by atoms with Crippen molar-refractivity contribution in [1.29, 1.82) is 0 Å². The van der Waals surface area contributed by atoms with Crippen molar-refractivity contribution >= 4 is 15.7 Å². The number of hydrogen-bond acceptors (Lipinski definition) is 6. The third-order valence-corrected chi connectivity index (χ3v) is 5.00. The molecular weight excluding hydrogens is 356 g/mol. The number of aromatic nitrogens is 2. The van der Waals surface area contributed by atoms with E-state index in [2.05, 4.69) is 15.5 Å². The Morgan fingerprint density at radius 3 is 2.68 bits per heavy atom. The summed E-state index contributed by atoms with van der Waals surface area (Å²) in [4.78, 5) is 15.7. The van der Waals surface area contributed by atoms with Gasteiger partial charge in [0.1, 0.15) is 17.2 Å². The third kappa shape index (κ3) is 4.08. The highest BCUT2D eigenvalue weighted by Gasteiger charge is 2.24. The van der Waals surface area contributed by atoms with Gasteiger partial charge in [-0.05, 0) is 12.1 Å². The summed E-state index contributed by atoms with van der Waals surface area (Å²) in [7, 11) is -3.21. The second-order valence-corrected chi connectivity index (χ2v) is 7.44. The molecule has 1 aromatic heterocycles. The zero-order chi connectivity index (χ0) is 18.0. The van der Waals surface area contributed by atoms with E-state index >= 15 is 0 Å². The molecule has 0 unspecified atom stereocenters. The normalized spacial score (nSPS) is 18.4. The molecule has 2 heterocycles. The summed E-state index contributed by atoms with van der Waals surface area (Å²) in [5.41, 5.74) is -0.436. The zero-order valence-corrected chi connectivity index (χ0v) is 13.6. The van der Waals surface area contributed by atoms with Gasteiger partial charge in [0.2, 0.25) is 5.91 Å². The Labute approximate surface area is 141 Å². The largest absolute Gasteiger partial charge is 0.349 e. The highest BCUT2D eigenvalue weighted by Crippen LogP contribution is 2.24. The van der Waals surface area contributed by atoms with Crippen molar-refractivity contribution in [1.82, 2.24) is 15.5 Å². The minimum atomic E-state index is -3.21. The fourth-order valence-corrected chi connectivity index (χ4v) is 3.78. The molecule has 0 saturated heterocycles. The van der Waals surface area contributed by atoms with Gasteiger partial charge in [-0.1, -0.05) is 17.3 Å². The van der Waals surface area contributed by atoms with E-state index in [9.17, 15) is 22.0 Å². The first kappa shape index (κ1) is 17.2. The van der Waals surface area contributed by atoms with Crippen LogP contribution in [-0.2, 0) is 21.2 Å². The van der Waals surface area contributed by atoms with Gasteiger partial charge in [-0.3, -0.25) is 4.79 Å². The Hall–Kier alpha value is -2.62. The van der Waals surface area contributed by atoms with Crippen LogP contribution >= 0.6 is 0 Å². The van der Waals surface area contributed by atoms with E-state index in [0.29, 0.717) is 0 Å². The number of hydrogen-bond donors (Lipinski definition) is 1. The Morgan fingerprint density at radius 1 is 1.32 bits per heavy atom. The molecule has 0 saturated carbocycles. The van der Waals surface area contributed by atoms with Crippen molar-refractivity contribution in [3.63, 3.8) is 0 Å².